The summed E-state index contributed by atoms with van der Waals surface area (Å²) in [4.78, 5) is 1.35. The van der Waals surface area contributed by atoms with Crippen LogP contribution < -0.4 is 5.73 Å². The van der Waals surface area contributed by atoms with Crippen LogP contribution in [0.25, 0.3) is 0 Å². The molecule has 0 aliphatic heterocycles. The molecule has 1 atom stereocenters. The predicted octanol–water partition coefficient (Wildman–Crippen LogP) is 3.27. The van der Waals surface area contributed by atoms with Crippen LogP contribution in [0.1, 0.15) is 31.0 Å². The average Bonchev–Trinajstić information content (AvgIpc) is 2.27. The minimum Gasteiger partial charge on any atom is -0.323 e. The second kappa shape index (κ2) is 6.39. The molecular formula is C14H21F3N2. The van der Waals surface area contributed by atoms with Crippen molar-refractivity contribution in [3.63, 3.8) is 0 Å². The van der Waals surface area contributed by atoms with Crippen LogP contribution in [-0.4, -0.2) is 30.2 Å². The third-order valence-electron chi connectivity index (χ3n) is 3.05. The minimum atomic E-state index is -4.20. The molecule has 0 heterocycles. The lowest BCUT2D eigenvalue weighted by Gasteiger charge is -2.30. The SMILES string of the molecule is Cc1ccc(C(N)CN(CC(F)(F)F)C(C)C)cc1. The topological polar surface area (TPSA) is 29.3 Å². The first-order chi connectivity index (χ1) is 8.69. The van der Waals surface area contributed by atoms with Gasteiger partial charge in [-0.25, -0.2) is 0 Å². The Bertz CT molecular complexity index is 385. The van der Waals surface area contributed by atoms with Crippen molar-refractivity contribution in [3.8, 4) is 0 Å². The first kappa shape index (κ1) is 16.0. The molecule has 5 heteroatoms. The van der Waals surface area contributed by atoms with Crippen molar-refractivity contribution in [2.75, 3.05) is 13.1 Å². The summed E-state index contributed by atoms with van der Waals surface area (Å²) in [5, 5.41) is 0. The van der Waals surface area contributed by atoms with E-state index >= 15 is 0 Å². The summed E-state index contributed by atoms with van der Waals surface area (Å²) < 4.78 is 37.5. The largest absolute Gasteiger partial charge is 0.401 e. The molecule has 0 radical (unpaired) electrons. The number of halogens is 3. The summed E-state index contributed by atoms with van der Waals surface area (Å²) in [5.74, 6) is 0. The molecule has 1 rings (SSSR count). The fourth-order valence-corrected chi connectivity index (χ4v) is 1.86. The van der Waals surface area contributed by atoms with Gasteiger partial charge in [0.1, 0.15) is 0 Å². The fraction of sp³-hybridized carbons (Fsp3) is 0.571. The molecule has 2 N–H and O–H groups in total. The average molecular weight is 274 g/mol. The predicted molar refractivity (Wildman–Crippen MR) is 70.9 cm³/mol. The van der Waals surface area contributed by atoms with Crippen LogP contribution in [0.2, 0.25) is 0 Å². The second-order valence-corrected chi connectivity index (χ2v) is 5.16. The highest BCUT2D eigenvalue weighted by Gasteiger charge is 2.32. The number of alkyl halides is 3. The number of hydrogen-bond donors (Lipinski definition) is 1. The van der Waals surface area contributed by atoms with Crippen LogP contribution in [-0.2, 0) is 0 Å². The number of aryl methyl sites for hydroxylation is 1. The van der Waals surface area contributed by atoms with Gasteiger partial charge in [-0.3, -0.25) is 4.90 Å². The quantitative estimate of drug-likeness (QED) is 0.893. The standard InChI is InChI=1S/C14H21F3N2/c1-10(2)19(9-14(15,16)17)8-13(18)12-6-4-11(3)5-7-12/h4-7,10,13H,8-9,18H2,1-3H3. The third kappa shape index (κ3) is 5.61. The van der Waals surface area contributed by atoms with E-state index in [1.807, 2.05) is 31.2 Å². The van der Waals surface area contributed by atoms with Crippen molar-refractivity contribution in [2.24, 2.45) is 5.73 Å². The Morgan fingerprint density at radius 2 is 1.68 bits per heavy atom. The van der Waals surface area contributed by atoms with Gasteiger partial charge < -0.3 is 5.73 Å². The smallest absolute Gasteiger partial charge is 0.323 e. The maximum Gasteiger partial charge on any atom is 0.401 e. The van der Waals surface area contributed by atoms with Crippen molar-refractivity contribution in [1.29, 1.82) is 0 Å². The van der Waals surface area contributed by atoms with E-state index in [2.05, 4.69) is 0 Å². The second-order valence-electron chi connectivity index (χ2n) is 5.16. The highest BCUT2D eigenvalue weighted by Crippen LogP contribution is 2.20. The molecule has 0 spiro atoms. The van der Waals surface area contributed by atoms with Crippen molar-refractivity contribution < 1.29 is 13.2 Å². The molecule has 0 fully saturated rings. The Hall–Kier alpha value is -1.07. The molecule has 1 aromatic carbocycles. The van der Waals surface area contributed by atoms with E-state index in [1.54, 1.807) is 13.8 Å². The summed E-state index contributed by atoms with van der Waals surface area (Å²) in [6, 6.07) is 6.96. The van der Waals surface area contributed by atoms with Crippen LogP contribution in [0.15, 0.2) is 24.3 Å². The Kier molecular flexibility index (Phi) is 5.38. The molecule has 0 saturated carbocycles. The maximum atomic E-state index is 12.5. The molecule has 0 bridgehead atoms. The zero-order chi connectivity index (χ0) is 14.6. The van der Waals surface area contributed by atoms with Gasteiger partial charge in [-0.05, 0) is 26.3 Å². The van der Waals surface area contributed by atoms with E-state index in [0.717, 1.165) is 11.1 Å². The summed E-state index contributed by atoms with van der Waals surface area (Å²) in [7, 11) is 0. The van der Waals surface area contributed by atoms with Crippen molar-refractivity contribution in [1.82, 2.24) is 4.90 Å². The fourth-order valence-electron chi connectivity index (χ4n) is 1.86. The van der Waals surface area contributed by atoms with Gasteiger partial charge in [0.2, 0.25) is 0 Å². The lowest BCUT2D eigenvalue weighted by atomic mass is 10.0. The van der Waals surface area contributed by atoms with Gasteiger partial charge in [0.05, 0.1) is 6.54 Å². The van der Waals surface area contributed by atoms with Gasteiger partial charge in [0.15, 0.2) is 0 Å². The summed E-state index contributed by atoms with van der Waals surface area (Å²) in [6.45, 7) is 4.71. The van der Waals surface area contributed by atoms with Crippen LogP contribution in [0, 0.1) is 6.92 Å². The molecule has 0 saturated heterocycles. The summed E-state index contributed by atoms with van der Waals surface area (Å²) >= 11 is 0. The molecule has 108 valence electrons. The van der Waals surface area contributed by atoms with Gasteiger partial charge >= 0.3 is 6.18 Å². The Morgan fingerprint density at radius 3 is 2.11 bits per heavy atom. The van der Waals surface area contributed by atoms with Crippen LogP contribution in [0.5, 0.6) is 0 Å². The van der Waals surface area contributed by atoms with E-state index in [-0.39, 0.29) is 12.6 Å². The van der Waals surface area contributed by atoms with Gasteiger partial charge in [-0.1, -0.05) is 29.8 Å². The van der Waals surface area contributed by atoms with Gasteiger partial charge in [0, 0.05) is 18.6 Å². The summed E-state index contributed by atoms with van der Waals surface area (Å²) in [6.07, 6.45) is -4.20. The first-order valence-corrected chi connectivity index (χ1v) is 6.32. The van der Waals surface area contributed by atoms with Crippen LogP contribution >= 0.6 is 0 Å². The van der Waals surface area contributed by atoms with Crippen molar-refractivity contribution >= 4 is 0 Å². The summed E-state index contributed by atoms with van der Waals surface area (Å²) in [5.41, 5.74) is 7.96. The monoisotopic (exact) mass is 274 g/mol. The normalized spacial score (nSPS) is 14.2. The van der Waals surface area contributed by atoms with E-state index in [9.17, 15) is 13.2 Å². The Morgan fingerprint density at radius 1 is 1.16 bits per heavy atom. The van der Waals surface area contributed by atoms with E-state index in [1.165, 1.54) is 4.90 Å². The molecule has 1 unspecified atom stereocenters. The van der Waals surface area contributed by atoms with Crippen molar-refractivity contribution in [3.05, 3.63) is 35.4 Å². The number of nitrogens with zero attached hydrogens (tertiary/aromatic N) is 1. The van der Waals surface area contributed by atoms with Gasteiger partial charge in [-0.2, -0.15) is 13.2 Å². The molecule has 2 nitrogen and oxygen atoms in total. The zero-order valence-corrected chi connectivity index (χ0v) is 11.5. The van der Waals surface area contributed by atoms with E-state index in [4.69, 9.17) is 5.73 Å². The minimum absolute atomic E-state index is 0.195. The van der Waals surface area contributed by atoms with E-state index in [0.29, 0.717) is 0 Å². The number of hydrogen-bond acceptors (Lipinski definition) is 2. The highest BCUT2D eigenvalue weighted by atomic mass is 19.4. The molecule has 19 heavy (non-hydrogen) atoms. The lowest BCUT2D eigenvalue weighted by Crippen LogP contribution is -2.42. The molecule has 0 aromatic heterocycles. The maximum absolute atomic E-state index is 12.5. The first-order valence-electron chi connectivity index (χ1n) is 6.32. The van der Waals surface area contributed by atoms with E-state index < -0.39 is 18.8 Å². The molecule has 0 aliphatic carbocycles. The Balaban J connectivity index is 2.71. The van der Waals surface area contributed by atoms with Crippen molar-refractivity contribution in [2.45, 2.75) is 39.0 Å². The highest BCUT2D eigenvalue weighted by molar-refractivity contribution is 5.24. The van der Waals surface area contributed by atoms with Crippen LogP contribution in [0.3, 0.4) is 0 Å². The molecule has 0 aliphatic rings. The molecule has 1 aromatic rings. The number of rotatable bonds is 5. The van der Waals surface area contributed by atoms with Gasteiger partial charge in [-0.15, -0.1) is 0 Å². The number of benzene rings is 1. The van der Waals surface area contributed by atoms with Crippen LogP contribution in [0.4, 0.5) is 13.2 Å². The Labute approximate surface area is 112 Å². The molecule has 0 amide bonds. The third-order valence-corrected chi connectivity index (χ3v) is 3.05. The lowest BCUT2D eigenvalue weighted by molar-refractivity contribution is -0.150. The molecular weight excluding hydrogens is 253 g/mol. The van der Waals surface area contributed by atoms with Gasteiger partial charge in [0.25, 0.3) is 0 Å². The number of nitrogens with two attached hydrogens (primary N) is 1. The zero-order valence-electron chi connectivity index (χ0n) is 11.5.